The number of nitrogens with zero attached hydrogens (tertiary/aromatic N) is 4. The summed E-state index contributed by atoms with van der Waals surface area (Å²) in [6.07, 6.45) is 25.9. The van der Waals surface area contributed by atoms with Gasteiger partial charge in [0.15, 0.2) is 0 Å². The Hall–Kier alpha value is -4.06. The zero-order valence-corrected chi connectivity index (χ0v) is 48.2. The molecule has 0 amide bonds. The van der Waals surface area contributed by atoms with Gasteiger partial charge in [-0.2, -0.15) is 0 Å². The monoisotopic (exact) mass is 975 g/mol. The van der Waals surface area contributed by atoms with Crippen molar-refractivity contribution in [3.8, 4) is 44.5 Å². The van der Waals surface area contributed by atoms with E-state index in [4.69, 9.17) is 0 Å². The minimum Gasteiger partial charge on any atom is -0.331 e. The molecule has 2 aliphatic carbocycles. The van der Waals surface area contributed by atoms with Gasteiger partial charge in [-0.1, -0.05) is 148 Å². The first-order valence-electron chi connectivity index (χ1n) is 29.0. The second kappa shape index (κ2) is 24.1. The molecule has 390 valence electrons. The molecule has 4 heteroatoms. The fraction of sp³-hybridized carbons (Fsp3) is 0.559. The van der Waals surface area contributed by atoms with Gasteiger partial charge in [-0.3, -0.25) is 0 Å². The second-order valence-corrected chi connectivity index (χ2v) is 27.1. The smallest absolute Gasteiger partial charge is 0.0780 e. The van der Waals surface area contributed by atoms with Crippen molar-refractivity contribution < 1.29 is 17.9 Å². The summed E-state index contributed by atoms with van der Waals surface area (Å²) < 4.78 is 4.23. The van der Waals surface area contributed by atoms with E-state index < -0.39 is 0 Å². The van der Waals surface area contributed by atoms with Crippen LogP contribution in [-0.2, 0) is 10.8 Å². The van der Waals surface area contributed by atoms with Crippen LogP contribution in [0.3, 0.4) is 0 Å². The van der Waals surface area contributed by atoms with E-state index in [0.717, 1.165) is 17.9 Å². The SMILES string of the molecule is C[N+](C)(C)CCCCCCC1(CCCCCC[N+](C)(C)C)c2ccccc2-c2ccc(-c3ccc(-c4ccc5c(c4)C(CCCCCC[N+](C)(C)C)(CCCCCC[N+](C)(C)C)c4ccccc4-5)cc3)cc21. The van der Waals surface area contributed by atoms with Crippen molar-refractivity contribution in [3.05, 3.63) is 131 Å². The minimum atomic E-state index is 0.0635. The molecule has 0 saturated carbocycles. The number of hydrogen-bond donors (Lipinski definition) is 0. The van der Waals surface area contributed by atoms with E-state index in [9.17, 15) is 0 Å². The number of fused-ring (bicyclic) bond motifs is 6. The summed E-state index contributed by atoms with van der Waals surface area (Å²) in [5, 5.41) is 0. The largest absolute Gasteiger partial charge is 0.331 e. The zero-order valence-electron chi connectivity index (χ0n) is 48.2. The molecule has 0 aliphatic heterocycles. The third-order valence-corrected chi connectivity index (χ3v) is 16.8. The van der Waals surface area contributed by atoms with Gasteiger partial charge in [-0.25, -0.2) is 0 Å². The Morgan fingerprint density at radius 1 is 0.250 bits per heavy atom. The average molecular weight is 976 g/mol. The highest BCUT2D eigenvalue weighted by Crippen LogP contribution is 2.56. The minimum absolute atomic E-state index is 0.0635. The number of benzene rings is 5. The number of unbranched alkanes of at least 4 members (excludes halogenated alkanes) is 12. The highest BCUT2D eigenvalue weighted by atomic mass is 15.3. The maximum atomic E-state index is 2.63. The summed E-state index contributed by atoms with van der Waals surface area (Å²) in [5.41, 5.74) is 17.7. The van der Waals surface area contributed by atoms with Gasteiger partial charge in [0.25, 0.3) is 0 Å². The second-order valence-electron chi connectivity index (χ2n) is 27.1. The Kier molecular flexibility index (Phi) is 18.6. The van der Waals surface area contributed by atoms with Crippen LogP contribution < -0.4 is 0 Å². The van der Waals surface area contributed by atoms with Gasteiger partial charge in [0.2, 0.25) is 0 Å². The lowest BCUT2D eigenvalue weighted by Crippen LogP contribution is -2.35. The molecule has 7 rings (SSSR count). The van der Waals surface area contributed by atoms with Gasteiger partial charge in [0.1, 0.15) is 0 Å². The molecule has 0 heterocycles. The van der Waals surface area contributed by atoms with E-state index in [0.29, 0.717) is 0 Å². The van der Waals surface area contributed by atoms with E-state index in [2.05, 4.69) is 194 Å². The summed E-state index contributed by atoms with van der Waals surface area (Å²) >= 11 is 0. The van der Waals surface area contributed by atoms with Crippen LogP contribution in [0.4, 0.5) is 0 Å². The fourth-order valence-electron chi connectivity index (χ4n) is 12.9. The molecule has 0 N–H and O–H groups in total. The van der Waals surface area contributed by atoms with Gasteiger partial charge in [-0.15, -0.1) is 0 Å². The summed E-state index contributed by atoms with van der Waals surface area (Å²) in [4.78, 5) is 0. The molecule has 2 aliphatic rings. The van der Waals surface area contributed by atoms with Crippen LogP contribution in [0.5, 0.6) is 0 Å². The van der Waals surface area contributed by atoms with Crippen LogP contribution in [0, 0.1) is 0 Å². The Labute approximate surface area is 441 Å². The van der Waals surface area contributed by atoms with Gasteiger partial charge in [0.05, 0.1) is 111 Å². The van der Waals surface area contributed by atoms with Gasteiger partial charge >= 0.3 is 0 Å². The molecule has 0 aromatic heterocycles. The Morgan fingerprint density at radius 2 is 0.500 bits per heavy atom. The van der Waals surface area contributed by atoms with Crippen molar-refractivity contribution in [2.75, 3.05) is 111 Å². The molecule has 5 aromatic carbocycles. The first-order chi connectivity index (χ1) is 34.2. The molecule has 4 nitrogen and oxygen atoms in total. The number of quaternary nitrogens is 4. The third-order valence-electron chi connectivity index (χ3n) is 16.8. The number of rotatable bonds is 30. The standard InChI is InChI=1S/C68H102N4/c1-69(2,3)49-29-17-13-25-45-67(46-26-14-18-30-50-70(4,5)6)63-35-23-21-33-59(63)61-43-41-57(53-65(61)67)55-37-39-56(40-38-55)58-42-44-62-60-34-22-24-36-64(60)68(66(62)54-58,47-27-15-19-31-51-71(7,8)9)48-28-16-20-32-52-72(10,11)12/h21-24,33-44,53-54H,13-20,25-32,45-52H2,1-12H3/q+4. The Balaban J connectivity index is 1.16. The van der Waals surface area contributed by atoms with Crippen LogP contribution in [0.2, 0.25) is 0 Å². The van der Waals surface area contributed by atoms with Crippen LogP contribution in [0.15, 0.2) is 109 Å². The van der Waals surface area contributed by atoms with E-state index >= 15 is 0 Å². The van der Waals surface area contributed by atoms with E-state index in [1.165, 1.54) is 199 Å². The van der Waals surface area contributed by atoms with Crippen molar-refractivity contribution in [2.24, 2.45) is 0 Å². The molecule has 0 unspecified atom stereocenters. The lowest BCUT2D eigenvalue weighted by atomic mass is 9.70. The van der Waals surface area contributed by atoms with Crippen molar-refractivity contribution in [1.82, 2.24) is 0 Å². The van der Waals surface area contributed by atoms with Crippen LogP contribution >= 0.6 is 0 Å². The van der Waals surface area contributed by atoms with Gasteiger partial charge in [0, 0.05) is 10.8 Å². The average Bonchev–Trinajstić information content (AvgIpc) is 3.75. The summed E-state index contributed by atoms with van der Waals surface area (Å²) in [6.45, 7) is 5.01. The van der Waals surface area contributed by atoms with Crippen molar-refractivity contribution in [2.45, 2.75) is 139 Å². The first kappa shape index (κ1) is 55.7. The van der Waals surface area contributed by atoms with E-state index in [-0.39, 0.29) is 10.8 Å². The van der Waals surface area contributed by atoms with Crippen molar-refractivity contribution >= 4 is 0 Å². The quantitative estimate of drug-likeness (QED) is 0.0318. The molecule has 0 fully saturated rings. The molecule has 0 saturated heterocycles. The summed E-state index contributed by atoms with van der Waals surface area (Å²) in [7, 11) is 28.0. The Bertz CT molecular complexity index is 2260. The van der Waals surface area contributed by atoms with E-state index in [1.54, 1.807) is 22.3 Å². The van der Waals surface area contributed by atoms with Crippen molar-refractivity contribution in [3.63, 3.8) is 0 Å². The maximum Gasteiger partial charge on any atom is 0.0780 e. The highest BCUT2D eigenvalue weighted by molar-refractivity contribution is 5.86. The first-order valence-corrected chi connectivity index (χ1v) is 29.0. The molecule has 0 radical (unpaired) electrons. The maximum absolute atomic E-state index is 2.63. The summed E-state index contributed by atoms with van der Waals surface area (Å²) in [5.74, 6) is 0. The molecule has 0 spiro atoms. The molecule has 72 heavy (non-hydrogen) atoms. The third kappa shape index (κ3) is 14.6. The topological polar surface area (TPSA) is 0 Å². The van der Waals surface area contributed by atoms with Crippen molar-refractivity contribution in [1.29, 1.82) is 0 Å². The normalized spacial score (nSPS) is 14.8. The summed E-state index contributed by atoms with van der Waals surface area (Å²) in [6, 6.07) is 43.7. The predicted molar refractivity (Wildman–Crippen MR) is 314 cm³/mol. The van der Waals surface area contributed by atoms with Gasteiger partial charge < -0.3 is 17.9 Å². The molecule has 0 atom stereocenters. The van der Waals surface area contributed by atoms with Gasteiger partial charge in [-0.05, 0) is 156 Å². The Morgan fingerprint density at radius 3 is 0.792 bits per heavy atom. The van der Waals surface area contributed by atoms with Crippen LogP contribution in [0.25, 0.3) is 44.5 Å². The lowest BCUT2D eigenvalue weighted by Gasteiger charge is -2.33. The van der Waals surface area contributed by atoms with Crippen LogP contribution in [-0.4, -0.2) is 129 Å². The fourth-order valence-corrected chi connectivity index (χ4v) is 12.9. The molecular formula is C68H102N4+4. The molecular weight excluding hydrogens is 873 g/mol. The van der Waals surface area contributed by atoms with E-state index in [1.807, 2.05) is 0 Å². The highest BCUT2D eigenvalue weighted by Gasteiger charge is 2.44. The van der Waals surface area contributed by atoms with Crippen LogP contribution in [0.1, 0.15) is 151 Å². The number of hydrogen-bond acceptors (Lipinski definition) is 0. The predicted octanol–water partition coefficient (Wildman–Crippen LogP) is 16.2. The lowest BCUT2D eigenvalue weighted by molar-refractivity contribution is -0.870. The zero-order chi connectivity index (χ0) is 51.6. The molecule has 0 bridgehead atoms. The molecule has 5 aromatic rings.